The third-order valence-corrected chi connectivity index (χ3v) is 4.92. The highest BCUT2D eigenvalue weighted by molar-refractivity contribution is 7.10. The number of carbonyl (C=O) groups excluding carboxylic acids is 3. The molecule has 1 N–H and O–H groups in total. The highest BCUT2D eigenvalue weighted by Gasteiger charge is 2.42. The molecule has 2 aliphatic rings. The molecular formula is C13H14N2O3S. The first-order chi connectivity index (χ1) is 8.99. The average Bonchev–Trinajstić information content (AvgIpc) is 2.95. The normalized spacial score (nSPS) is 22.4. The lowest BCUT2D eigenvalue weighted by atomic mass is 10.1. The van der Waals surface area contributed by atoms with E-state index in [4.69, 9.17) is 0 Å². The van der Waals surface area contributed by atoms with Crippen LogP contribution in [0.5, 0.6) is 0 Å². The van der Waals surface area contributed by atoms with Crippen LogP contribution in [0.15, 0.2) is 5.38 Å². The second-order valence-electron chi connectivity index (χ2n) is 5.21. The third kappa shape index (κ3) is 1.78. The number of hydrogen-bond donors (Lipinski definition) is 1. The molecule has 0 aromatic carbocycles. The quantitative estimate of drug-likeness (QED) is 0.828. The van der Waals surface area contributed by atoms with Gasteiger partial charge in [0.2, 0.25) is 11.8 Å². The smallest absolute Gasteiger partial charge is 0.256 e. The predicted molar refractivity (Wildman–Crippen MR) is 69.8 cm³/mol. The molecule has 2 aliphatic heterocycles. The SMILES string of the molecule is CC(C)c1scc2c1CN(C1CC(=O)NC1=O)C2=O. The van der Waals surface area contributed by atoms with E-state index in [1.165, 1.54) is 9.78 Å². The molecule has 1 unspecified atom stereocenters. The number of nitrogens with one attached hydrogen (secondary N) is 1. The Hall–Kier alpha value is -1.69. The fourth-order valence-electron chi connectivity index (χ4n) is 2.66. The van der Waals surface area contributed by atoms with Gasteiger partial charge in [-0.05, 0) is 11.5 Å². The Labute approximate surface area is 114 Å². The van der Waals surface area contributed by atoms with Crippen molar-refractivity contribution in [1.29, 1.82) is 0 Å². The molecule has 1 atom stereocenters. The molecule has 0 saturated carbocycles. The summed E-state index contributed by atoms with van der Waals surface area (Å²) in [5, 5.41) is 4.11. The topological polar surface area (TPSA) is 66.5 Å². The van der Waals surface area contributed by atoms with Crippen LogP contribution in [0.4, 0.5) is 0 Å². The number of carbonyl (C=O) groups is 3. The summed E-state index contributed by atoms with van der Waals surface area (Å²) < 4.78 is 0. The first kappa shape index (κ1) is 12.3. The van der Waals surface area contributed by atoms with Crippen molar-refractivity contribution in [3.63, 3.8) is 0 Å². The number of rotatable bonds is 2. The van der Waals surface area contributed by atoms with Gasteiger partial charge in [0.1, 0.15) is 6.04 Å². The minimum absolute atomic E-state index is 0.0787. The van der Waals surface area contributed by atoms with Gasteiger partial charge in [-0.15, -0.1) is 11.3 Å². The first-order valence-electron chi connectivity index (χ1n) is 6.24. The summed E-state index contributed by atoms with van der Waals surface area (Å²) in [6.07, 6.45) is 0.0787. The molecule has 3 heterocycles. The summed E-state index contributed by atoms with van der Waals surface area (Å²) in [6, 6.07) is -0.641. The fraction of sp³-hybridized carbons (Fsp3) is 0.462. The van der Waals surface area contributed by atoms with Gasteiger partial charge < -0.3 is 4.90 Å². The highest BCUT2D eigenvalue weighted by Crippen LogP contribution is 2.37. The lowest BCUT2D eigenvalue weighted by Gasteiger charge is -2.21. The van der Waals surface area contributed by atoms with Crippen LogP contribution in [0.25, 0.3) is 0 Å². The summed E-state index contributed by atoms with van der Waals surface area (Å²) in [5.41, 5.74) is 1.72. The van der Waals surface area contributed by atoms with Gasteiger partial charge in [0.05, 0.1) is 12.0 Å². The molecule has 1 aromatic heterocycles. The molecule has 1 fully saturated rings. The zero-order valence-corrected chi connectivity index (χ0v) is 11.5. The van der Waals surface area contributed by atoms with E-state index >= 15 is 0 Å². The van der Waals surface area contributed by atoms with Gasteiger partial charge in [-0.1, -0.05) is 13.8 Å². The van der Waals surface area contributed by atoms with Crippen molar-refractivity contribution in [3.8, 4) is 0 Å². The maximum atomic E-state index is 12.3. The molecule has 19 heavy (non-hydrogen) atoms. The van der Waals surface area contributed by atoms with E-state index in [1.54, 1.807) is 11.3 Å². The number of amides is 3. The van der Waals surface area contributed by atoms with Gasteiger partial charge in [-0.25, -0.2) is 0 Å². The van der Waals surface area contributed by atoms with E-state index in [0.29, 0.717) is 18.0 Å². The fourth-order valence-corrected chi connectivity index (χ4v) is 3.74. The molecule has 0 bridgehead atoms. The van der Waals surface area contributed by atoms with E-state index in [1.807, 2.05) is 5.38 Å². The second kappa shape index (κ2) is 4.16. The summed E-state index contributed by atoms with van der Waals surface area (Å²) in [7, 11) is 0. The van der Waals surface area contributed by atoms with Gasteiger partial charge in [0.15, 0.2) is 0 Å². The Kier molecular flexibility index (Phi) is 2.70. The highest BCUT2D eigenvalue weighted by atomic mass is 32.1. The summed E-state index contributed by atoms with van der Waals surface area (Å²) >= 11 is 1.59. The van der Waals surface area contributed by atoms with E-state index in [0.717, 1.165) is 5.56 Å². The standard InChI is InChI=1S/C13H14N2O3S/c1-6(2)11-7-4-15(13(18)8(7)5-19-11)9-3-10(16)14-12(9)17/h5-6,9H,3-4H2,1-2H3,(H,14,16,17). The minimum atomic E-state index is -0.641. The van der Waals surface area contributed by atoms with Gasteiger partial charge in [0, 0.05) is 16.8 Å². The van der Waals surface area contributed by atoms with E-state index in [-0.39, 0.29) is 24.1 Å². The van der Waals surface area contributed by atoms with Gasteiger partial charge in [0.25, 0.3) is 5.91 Å². The van der Waals surface area contributed by atoms with E-state index < -0.39 is 6.04 Å². The molecule has 5 nitrogen and oxygen atoms in total. The maximum absolute atomic E-state index is 12.3. The summed E-state index contributed by atoms with van der Waals surface area (Å²) in [6.45, 7) is 4.62. The summed E-state index contributed by atoms with van der Waals surface area (Å²) in [5.74, 6) is -0.437. The van der Waals surface area contributed by atoms with Gasteiger partial charge >= 0.3 is 0 Å². The first-order valence-corrected chi connectivity index (χ1v) is 7.12. The Morgan fingerprint density at radius 1 is 1.37 bits per heavy atom. The molecule has 1 aromatic rings. The second-order valence-corrected chi connectivity index (χ2v) is 6.12. The minimum Gasteiger partial charge on any atom is -0.322 e. The Balaban J connectivity index is 1.91. The number of hydrogen-bond acceptors (Lipinski definition) is 4. The van der Waals surface area contributed by atoms with Crippen LogP contribution < -0.4 is 5.32 Å². The van der Waals surface area contributed by atoms with Gasteiger partial charge in [-0.2, -0.15) is 0 Å². The number of nitrogens with zero attached hydrogens (tertiary/aromatic N) is 1. The lowest BCUT2D eigenvalue weighted by molar-refractivity contribution is -0.126. The maximum Gasteiger partial charge on any atom is 0.256 e. The van der Waals surface area contributed by atoms with Crippen LogP contribution >= 0.6 is 11.3 Å². The largest absolute Gasteiger partial charge is 0.322 e. The molecular weight excluding hydrogens is 264 g/mol. The van der Waals surface area contributed by atoms with E-state index in [9.17, 15) is 14.4 Å². The van der Waals surface area contributed by atoms with Crippen LogP contribution in [0.2, 0.25) is 0 Å². The molecule has 3 rings (SSSR count). The number of fused-ring (bicyclic) bond motifs is 1. The van der Waals surface area contributed by atoms with Crippen LogP contribution in [0, 0.1) is 0 Å². The van der Waals surface area contributed by atoms with Crippen molar-refractivity contribution in [2.75, 3.05) is 0 Å². The monoisotopic (exact) mass is 278 g/mol. The van der Waals surface area contributed by atoms with Crippen molar-refractivity contribution in [3.05, 3.63) is 21.4 Å². The molecule has 6 heteroatoms. The third-order valence-electron chi connectivity index (χ3n) is 3.59. The van der Waals surface area contributed by atoms with Crippen LogP contribution in [0.1, 0.15) is 47.0 Å². The predicted octanol–water partition coefficient (Wildman–Crippen LogP) is 1.24. The van der Waals surface area contributed by atoms with Crippen molar-refractivity contribution in [2.45, 2.75) is 38.8 Å². The molecule has 0 spiro atoms. The zero-order chi connectivity index (χ0) is 13.7. The van der Waals surface area contributed by atoms with Crippen LogP contribution in [0.3, 0.4) is 0 Å². The lowest BCUT2D eigenvalue weighted by Crippen LogP contribution is -2.40. The van der Waals surface area contributed by atoms with Crippen molar-refractivity contribution in [1.82, 2.24) is 10.2 Å². The van der Waals surface area contributed by atoms with Crippen molar-refractivity contribution < 1.29 is 14.4 Å². The molecule has 100 valence electrons. The molecule has 3 amide bonds. The molecule has 0 aliphatic carbocycles. The van der Waals surface area contributed by atoms with Crippen molar-refractivity contribution >= 4 is 29.1 Å². The Bertz CT molecular complexity index is 591. The van der Waals surface area contributed by atoms with Crippen LogP contribution in [-0.4, -0.2) is 28.7 Å². The Morgan fingerprint density at radius 2 is 2.11 bits per heavy atom. The summed E-state index contributed by atoms with van der Waals surface area (Å²) in [4.78, 5) is 38.0. The van der Waals surface area contributed by atoms with Crippen LogP contribution in [-0.2, 0) is 16.1 Å². The van der Waals surface area contributed by atoms with Crippen molar-refractivity contribution in [2.24, 2.45) is 0 Å². The zero-order valence-electron chi connectivity index (χ0n) is 10.7. The average molecular weight is 278 g/mol. The molecule has 1 saturated heterocycles. The number of imide groups is 1. The van der Waals surface area contributed by atoms with Gasteiger partial charge in [-0.3, -0.25) is 19.7 Å². The molecule has 0 radical (unpaired) electrons. The Morgan fingerprint density at radius 3 is 2.68 bits per heavy atom. The number of thiophene rings is 1. The van der Waals surface area contributed by atoms with E-state index in [2.05, 4.69) is 19.2 Å².